The van der Waals surface area contributed by atoms with Crippen LogP contribution >= 0.6 is 0 Å². The maximum absolute atomic E-state index is 9.09. The molecule has 0 amide bonds. The number of aliphatic hydroxyl groups is 1. The second kappa shape index (κ2) is 2.03. The van der Waals surface area contributed by atoms with Gasteiger partial charge >= 0.3 is 0 Å². The summed E-state index contributed by atoms with van der Waals surface area (Å²) in [4.78, 5) is 1.92. The normalized spacial score (nSPS) is 40.9. The van der Waals surface area contributed by atoms with Crippen molar-refractivity contribution in [2.24, 2.45) is 0 Å². The maximum atomic E-state index is 9.09. The summed E-state index contributed by atoms with van der Waals surface area (Å²) < 4.78 is 0. The van der Waals surface area contributed by atoms with Gasteiger partial charge in [-0.1, -0.05) is 0 Å². The second-order valence-corrected chi connectivity index (χ2v) is 2.41. The van der Waals surface area contributed by atoms with Gasteiger partial charge in [0.2, 0.25) is 0 Å². The summed E-state index contributed by atoms with van der Waals surface area (Å²) in [5.74, 6) is 0. The van der Waals surface area contributed by atoms with Crippen molar-refractivity contribution in [2.75, 3.05) is 6.54 Å². The summed E-state index contributed by atoms with van der Waals surface area (Å²) in [6, 6.07) is 0.259. The molecule has 1 aliphatic rings. The highest BCUT2D eigenvalue weighted by Gasteiger charge is 2.20. The van der Waals surface area contributed by atoms with E-state index in [0.717, 1.165) is 13.0 Å². The van der Waals surface area contributed by atoms with Crippen molar-refractivity contribution in [3.05, 3.63) is 7.05 Å². The summed E-state index contributed by atoms with van der Waals surface area (Å²) in [6.45, 7) is 2.92. The zero-order valence-electron chi connectivity index (χ0n) is 5.17. The summed E-state index contributed by atoms with van der Waals surface area (Å²) in [5.41, 5.74) is 0. The number of nitrogens with zero attached hydrogens (tertiary/aromatic N) is 1. The smallest absolute Gasteiger partial charge is 0.0680 e. The minimum absolute atomic E-state index is 0.146. The third-order valence-corrected chi connectivity index (χ3v) is 1.84. The third-order valence-electron chi connectivity index (χ3n) is 1.84. The van der Waals surface area contributed by atoms with Gasteiger partial charge in [-0.15, -0.1) is 0 Å². The molecule has 1 heterocycles. The van der Waals surface area contributed by atoms with Crippen LogP contribution in [0.3, 0.4) is 0 Å². The van der Waals surface area contributed by atoms with Crippen LogP contribution in [0, 0.1) is 7.05 Å². The monoisotopic (exact) mass is 114 g/mol. The van der Waals surface area contributed by atoms with Crippen molar-refractivity contribution >= 4 is 0 Å². The molecule has 0 aromatic rings. The van der Waals surface area contributed by atoms with E-state index in [-0.39, 0.29) is 12.1 Å². The van der Waals surface area contributed by atoms with Crippen molar-refractivity contribution in [3.63, 3.8) is 0 Å². The fraction of sp³-hybridized carbons (Fsp3) is 0.833. The molecule has 2 nitrogen and oxygen atoms in total. The SMILES string of the molecule is [CH2-]N1CC[C@@H](O)[C@H]1C. The fourth-order valence-electron chi connectivity index (χ4n) is 0.986. The lowest BCUT2D eigenvalue weighted by Gasteiger charge is -2.24. The average molecular weight is 114 g/mol. The van der Waals surface area contributed by atoms with Gasteiger partial charge in [0.1, 0.15) is 0 Å². The highest BCUT2D eigenvalue weighted by Crippen LogP contribution is 2.14. The van der Waals surface area contributed by atoms with Crippen LogP contribution in [-0.4, -0.2) is 28.7 Å². The van der Waals surface area contributed by atoms with Gasteiger partial charge in [-0.3, -0.25) is 7.05 Å². The molecule has 0 aromatic heterocycles. The van der Waals surface area contributed by atoms with Gasteiger partial charge in [-0.05, 0) is 19.9 Å². The molecule has 1 rings (SSSR count). The molecule has 1 N–H and O–H groups in total. The topological polar surface area (TPSA) is 23.5 Å². The molecular weight excluding hydrogens is 102 g/mol. The van der Waals surface area contributed by atoms with E-state index in [1.807, 2.05) is 11.8 Å². The lowest BCUT2D eigenvalue weighted by molar-refractivity contribution is 0.142. The van der Waals surface area contributed by atoms with Crippen molar-refractivity contribution in [3.8, 4) is 0 Å². The van der Waals surface area contributed by atoms with Crippen LogP contribution in [0.1, 0.15) is 13.3 Å². The Morgan fingerprint density at radius 2 is 2.38 bits per heavy atom. The van der Waals surface area contributed by atoms with E-state index >= 15 is 0 Å². The van der Waals surface area contributed by atoms with Crippen LogP contribution in [0.5, 0.6) is 0 Å². The maximum Gasteiger partial charge on any atom is 0.0680 e. The predicted molar refractivity (Wildman–Crippen MR) is 32.1 cm³/mol. The Hall–Kier alpha value is -0.0800. The van der Waals surface area contributed by atoms with Crippen LogP contribution in [0.4, 0.5) is 0 Å². The Labute approximate surface area is 50.1 Å². The molecule has 1 aliphatic heterocycles. The lowest BCUT2D eigenvalue weighted by atomic mass is 10.2. The molecule has 1 saturated heterocycles. The van der Waals surface area contributed by atoms with E-state index in [2.05, 4.69) is 7.05 Å². The first-order valence-corrected chi connectivity index (χ1v) is 2.97. The summed E-state index contributed by atoms with van der Waals surface area (Å²) in [6.07, 6.45) is 0.734. The number of aliphatic hydroxyl groups excluding tert-OH is 1. The summed E-state index contributed by atoms with van der Waals surface area (Å²) >= 11 is 0. The molecule has 2 heteroatoms. The minimum atomic E-state index is -0.146. The van der Waals surface area contributed by atoms with E-state index in [9.17, 15) is 0 Å². The molecule has 0 aromatic carbocycles. The van der Waals surface area contributed by atoms with Gasteiger partial charge in [0, 0.05) is 6.04 Å². The fourth-order valence-corrected chi connectivity index (χ4v) is 0.986. The van der Waals surface area contributed by atoms with Gasteiger partial charge in [0.05, 0.1) is 6.10 Å². The van der Waals surface area contributed by atoms with Crippen LogP contribution in [-0.2, 0) is 0 Å². The van der Waals surface area contributed by atoms with Gasteiger partial charge in [-0.25, -0.2) is 0 Å². The van der Waals surface area contributed by atoms with Crippen LogP contribution < -0.4 is 0 Å². The first kappa shape index (κ1) is 6.05. The van der Waals surface area contributed by atoms with Gasteiger partial charge in [0.15, 0.2) is 0 Å². The molecule has 0 unspecified atom stereocenters. The number of hydrogen-bond acceptors (Lipinski definition) is 2. The Morgan fingerprint density at radius 1 is 1.75 bits per heavy atom. The molecule has 0 radical (unpaired) electrons. The summed E-state index contributed by atoms with van der Waals surface area (Å²) in [5, 5.41) is 9.09. The zero-order valence-corrected chi connectivity index (χ0v) is 5.17. The first-order chi connectivity index (χ1) is 3.72. The molecule has 0 spiro atoms. The molecule has 0 aliphatic carbocycles. The third kappa shape index (κ3) is 0.858. The van der Waals surface area contributed by atoms with E-state index in [1.165, 1.54) is 0 Å². The number of likely N-dealkylation sites (tertiary alicyclic amines) is 1. The molecule has 1 fully saturated rings. The van der Waals surface area contributed by atoms with E-state index < -0.39 is 0 Å². The Kier molecular flexibility index (Phi) is 1.54. The first-order valence-electron chi connectivity index (χ1n) is 2.97. The second-order valence-electron chi connectivity index (χ2n) is 2.41. The molecular formula is C6H12NO-. The lowest BCUT2D eigenvalue weighted by Crippen LogP contribution is -2.26. The van der Waals surface area contributed by atoms with Gasteiger partial charge < -0.3 is 10.0 Å². The standard InChI is InChI=1S/C6H12NO/c1-5-6(8)3-4-7(5)2/h5-6,8H,2-4H2,1H3/q-1/t5-,6-/m1/s1. The molecule has 0 bridgehead atoms. The van der Waals surface area contributed by atoms with Crippen molar-refractivity contribution in [1.29, 1.82) is 0 Å². The Balaban J connectivity index is 2.44. The van der Waals surface area contributed by atoms with Crippen molar-refractivity contribution in [2.45, 2.75) is 25.5 Å². The molecule has 0 saturated carbocycles. The van der Waals surface area contributed by atoms with Crippen LogP contribution in [0.25, 0.3) is 0 Å². The van der Waals surface area contributed by atoms with E-state index in [4.69, 9.17) is 5.11 Å². The Bertz CT molecular complexity index is 74.6. The van der Waals surface area contributed by atoms with Gasteiger partial charge in [-0.2, -0.15) is 0 Å². The highest BCUT2D eigenvalue weighted by atomic mass is 16.3. The van der Waals surface area contributed by atoms with Crippen LogP contribution in [0.2, 0.25) is 0 Å². The largest absolute Gasteiger partial charge is 0.455 e. The zero-order chi connectivity index (χ0) is 6.15. The molecule has 48 valence electrons. The van der Waals surface area contributed by atoms with Gasteiger partial charge in [0.25, 0.3) is 0 Å². The van der Waals surface area contributed by atoms with Crippen molar-refractivity contribution in [1.82, 2.24) is 4.90 Å². The minimum Gasteiger partial charge on any atom is -0.455 e. The molecule has 2 atom stereocenters. The van der Waals surface area contributed by atoms with E-state index in [0.29, 0.717) is 0 Å². The summed E-state index contributed by atoms with van der Waals surface area (Å²) in [7, 11) is 3.74. The number of hydrogen-bond donors (Lipinski definition) is 1. The highest BCUT2D eigenvalue weighted by molar-refractivity contribution is 4.82. The predicted octanol–water partition coefficient (Wildman–Crippen LogP) is 0.233. The van der Waals surface area contributed by atoms with E-state index in [1.54, 1.807) is 0 Å². The van der Waals surface area contributed by atoms with Crippen LogP contribution in [0.15, 0.2) is 0 Å². The quantitative estimate of drug-likeness (QED) is 0.456. The average Bonchev–Trinajstić information content (AvgIpc) is 1.98. The van der Waals surface area contributed by atoms with Crippen molar-refractivity contribution < 1.29 is 5.11 Å². The molecule has 8 heavy (non-hydrogen) atoms. The Morgan fingerprint density at radius 3 is 2.50 bits per heavy atom. The number of rotatable bonds is 0.